The van der Waals surface area contributed by atoms with Crippen molar-refractivity contribution in [1.82, 2.24) is 10.3 Å². The van der Waals surface area contributed by atoms with E-state index in [9.17, 15) is 13.6 Å². The molecule has 0 saturated heterocycles. The zero-order valence-electron chi connectivity index (χ0n) is 17.3. The zero-order chi connectivity index (χ0) is 22.5. The maximum Gasteiger partial charge on any atom is 0.387 e. The Labute approximate surface area is 184 Å². The molecule has 0 aliphatic carbocycles. The minimum atomic E-state index is -2.98. The van der Waals surface area contributed by atoms with E-state index in [-0.39, 0.29) is 28.9 Å². The van der Waals surface area contributed by atoms with Gasteiger partial charge in [0.2, 0.25) is 0 Å². The normalized spacial score (nSPS) is 12.0. The molecule has 0 radical (unpaired) electrons. The van der Waals surface area contributed by atoms with Gasteiger partial charge in [0.15, 0.2) is 11.5 Å². The fourth-order valence-corrected chi connectivity index (χ4v) is 3.77. The average Bonchev–Trinajstić information content (AvgIpc) is 3.24. The quantitative estimate of drug-likeness (QED) is 0.392. The number of aromatic amines is 1. The summed E-state index contributed by atoms with van der Waals surface area (Å²) in [6, 6.07) is 22.0. The summed E-state index contributed by atoms with van der Waals surface area (Å²) < 4.78 is 34.6. The van der Waals surface area contributed by atoms with Gasteiger partial charge in [0.25, 0.3) is 5.91 Å². The Balaban J connectivity index is 1.58. The van der Waals surface area contributed by atoms with Crippen LogP contribution in [0.3, 0.4) is 0 Å². The lowest BCUT2D eigenvalue weighted by Crippen LogP contribution is -2.29. The van der Waals surface area contributed by atoms with Gasteiger partial charge < -0.3 is 19.8 Å². The highest BCUT2D eigenvalue weighted by atomic mass is 19.3. The molecule has 2 N–H and O–H groups in total. The van der Waals surface area contributed by atoms with Crippen molar-refractivity contribution in [2.75, 3.05) is 13.7 Å². The smallest absolute Gasteiger partial charge is 0.387 e. The Bertz CT molecular complexity index is 1210. The molecule has 164 valence electrons. The van der Waals surface area contributed by atoms with Crippen molar-refractivity contribution in [2.24, 2.45) is 0 Å². The number of alkyl halides is 2. The molecule has 0 spiro atoms. The van der Waals surface area contributed by atoms with Crippen LogP contribution in [0.25, 0.3) is 10.9 Å². The summed E-state index contributed by atoms with van der Waals surface area (Å²) in [5.74, 6) is -0.485. The van der Waals surface area contributed by atoms with Gasteiger partial charge in [-0.25, -0.2) is 0 Å². The molecule has 4 aromatic rings. The van der Waals surface area contributed by atoms with Crippen LogP contribution in [0.15, 0.2) is 79.0 Å². The zero-order valence-corrected chi connectivity index (χ0v) is 17.3. The Morgan fingerprint density at radius 2 is 1.75 bits per heavy atom. The van der Waals surface area contributed by atoms with Gasteiger partial charge in [0.05, 0.1) is 7.11 Å². The number of nitrogens with one attached hydrogen (secondary N) is 2. The molecule has 1 heterocycles. The molecule has 5 nitrogen and oxygen atoms in total. The first kappa shape index (κ1) is 21.4. The first-order chi connectivity index (χ1) is 15.6. The largest absolute Gasteiger partial charge is 0.493 e. The number of aromatic nitrogens is 1. The van der Waals surface area contributed by atoms with Crippen LogP contribution in [0.5, 0.6) is 11.5 Å². The second-order valence-corrected chi connectivity index (χ2v) is 7.21. The van der Waals surface area contributed by atoms with E-state index in [1.165, 1.54) is 25.3 Å². The van der Waals surface area contributed by atoms with Gasteiger partial charge in [-0.3, -0.25) is 4.79 Å². The molecular weight excluding hydrogens is 414 g/mol. The number of para-hydroxylation sites is 1. The molecule has 0 fully saturated rings. The molecule has 1 amide bonds. The predicted octanol–water partition coefficient (Wildman–Crippen LogP) is 5.34. The third kappa shape index (κ3) is 4.56. The predicted molar refractivity (Wildman–Crippen MR) is 119 cm³/mol. The Hall–Kier alpha value is -3.87. The summed E-state index contributed by atoms with van der Waals surface area (Å²) in [4.78, 5) is 16.1. The molecule has 4 rings (SSSR count). The number of carbonyl (C=O) groups excluding carboxylic acids is 1. The Morgan fingerprint density at radius 1 is 1.00 bits per heavy atom. The van der Waals surface area contributed by atoms with Gasteiger partial charge in [-0.15, -0.1) is 0 Å². The summed E-state index contributed by atoms with van der Waals surface area (Å²) in [6.45, 7) is -2.63. The lowest BCUT2D eigenvalue weighted by Gasteiger charge is -2.18. The highest BCUT2D eigenvalue weighted by Gasteiger charge is 2.20. The fraction of sp³-hybridized carbons (Fsp3) is 0.160. The van der Waals surface area contributed by atoms with Crippen molar-refractivity contribution in [3.63, 3.8) is 0 Å². The SMILES string of the molecule is COc1cc(C(=O)NCC(c2ccccc2)c2c[nH]c3ccccc23)ccc1OC(F)F. The molecule has 0 saturated carbocycles. The van der Waals surface area contributed by atoms with Crippen LogP contribution in [-0.2, 0) is 0 Å². The molecule has 0 aliphatic rings. The Morgan fingerprint density at radius 3 is 2.50 bits per heavy atom. The number of halogens is 2. The van der Waals surface area contributed by atoms with E-state index in [0.29, 0.717) is 6.54 Å². The molecule has 0 bridgehead atoms. The van der Waals surface area contributed by atoms with Gasteiger partial charge >= 0.3 is 6.61 Å². The van der Waals surface area contributed by atoms with Crippen LogP contribution in [0.1, 0.15) is 27.4 Å². The van der Waals surface area contributed by atoms with Crippen LogP contribution in [-0.4, -0.2) is 31.2 Å². The van der Waals surface area contributed by atoms with Gasteiger partial charge in [-0.1, -0.05) is 48.5 Å². The maximum atomic E-state index is 12.9. The highest BCUT2D eigenvalue weighted by Crippen LogP contribution is 2.31. The summed E-state index contributed by atoms with van der Waals surface area (Å²) >= 11 is 0. The van der Waals surface area contributed by atoms with E-state index in [0.717, 1.165) is 22.0 Å². The van der Waals surface area contributed by atoms with Crippen molar-refractivity contribution >= 4 is 16.8 Å². The van der Waals surface area contributed by atoms with Crippen LogP contribution < -0.4 is 14.8 Å². The second kappa shape index (κ2) is 9.51. The van der Waals surface area contributed by atoms with Crippen LogP contribution in [0, 0.1) is 0 Å². The average molecular weight is 436 g/mol. The fourth-order valence-electron chi connectivity index (χ4n) is 3.77. The van der Waals surface area contributed by atoms with E-state index in [4.69, 9.17) is 4.74 Å². The van der Waals surface area contributed by atoms with Crippen molar-refractivity contribution in [2.45, 2.75) is 12.5 Å². The van der Waals surface area contributed by atoms with Gasteiger partial charge in [0.1, 0.15) is 0 Å². The number of amides is 1. The number of hydrogen-bond acceptors (Lipinski definition) is 3. The number of hydrogen-bond donors (Lipinski definition) is 2. The summed E-state index contributed by atoms with van der Waals surface area (Å²) in [7, 11) is 1.33. The highest BCUT2D eigenvalue weighted by molar-refractivity contribution is 5.95. The third-order valence-corrected chi connectivity index (χ3v) is 5.31. The first-order valence-electron chi connectivity index (χ1n) is 10.1. The van der Waals surface area contributed by atoms with E-state index in [1.807, 2.05) is 60.8 Å². The molecule has 3 aromatic carbocycles. The number of ether oxygens (including phenoxy) is 2. The van der Waals surface area contributed by atoms with Crippen LogP contribution >= 0.6 is 0 Å². The van der Waals surface area contributed by atoms with E-state index in [1.54, 1.807) is 0 Å². The maximum absolute atomic E-state index is 12.9. The monoisotopic (exact) mass is 436 g/mol. The minimum Gasteiger partial charge on any atom is -0.493 e. The molecule has 32 heavy (non-hydrogen) atoms. The van der Waals surface area contributed by atoms with Crippen LogP contribution in [0.2, 0.25) is 0 Å². The van der Waals surface area contributed by atoms with Crippen molar-refractivity contribution in [3.8, 4) is 11.5 Å². The first-order valence-corrected chi connectivity index (χ1v) is 10.1. The standard InChI is InChI=1S/C25H22F2N2O3/c1-31-23-13-17(11-12-22(23)32-25(26)27)24(30)29-14-19(16-7-3-2-4-8-16)20-15-28-21-10-6-5-9-18(20)21/h2-13,15,19,25,28H,14H2,1H3,(H,29,30). The van der Waals surface area contributed by atoms with Crippen molar-refractivity contribution < 1.29 is 23.0 Å². The second-order valence-electron chi connectivity index (χ2n) is 7.21. The number of rotatable bonds is 8. The van der Waals surface area contributed by atoms with Gasteiger partial charge in [0, 0.05) is 35.1 Å². The summed E-state index contributed by atoms with van der Waals surface area (Å²) in [5.41, 5.74) is 3.45. The number of benzene rings is 3. The lowest BCUT2D eigenvalue weighted by atomic mass is 9.91. The lowest BCUT2D eigenvalue weighted by molar-refractivity contribution is -0.0512. The number of methoxy groups -OCH3 is 1. The van der Waals surface area contributed by atoms with Crippen LogP contribution in [0.4, 0.5) is 8.78 Å². The van der Waals surface area contributed by atoms with E-state index >= 15 is 0 Å². The van der Waals surface area contributed by atoms with Gasteiger partial charge in [-0.05, 0) is 35.4 Å². The number of carbonyl (C=O) groups is 1. The molecule has 7 heteroatoms. The number of H-pyrrole nitrogens is 1. The molecular formula is C25H22F2N2O3. The van der Waals surface area contributed by atoms with E-state index < -0.39 is 6.61 Å². The van der Waals surface area contributed by atoms with E-state index in [2.05, 4.69) is 15.0 Å². The molecule has 0 aliphatic heterocycles. The molecule has 1 aromatic heterocycles. The van der Waals surface area contributed by atoms with Crippen molar-refractivity contribution in [1.29, 1.82) is 0 Å². The molecule has 1 unspecified atom stereocenters. The minimum absolute atomic E-state index is 0.0641. The van der Waals surface area contributed by atoms with Gasteiger partial charge in [-0.2, -0.15) is 8.78 Å². The Kier molecular flexibility index (Phi) is 6.35. The summed E-state index contributed by atoms with van der Waals surface area (Å²) in [5, 5.41) is 4.05. The third-order valence-electron chi connectivity index (χ3n) is 5.31. The van der Waals surface area contributed by atoms with Crippen molar-refractivity contribution in [3.05, 3.63) is 95.7 Å². The topological polar surface area (TPSA) is 63.3 Å². The molecule has 1 atom stereocenters. The summed E-state index contributed by atoms with van der Waals surface area (Å²) in [6.07, 6.45) is 1.97. The number of fused-ring (bicyclic) bond motifs is 1.